The van der Waals surface area contributed by atoms with Crippen LogP contribution >= 0.6 is 11.6 Å². The number of nitrogens with zero attached hydrogens (tertiary/aromatic N) is 1. The number of aromatic nitrogens is 2. The molecular formula is C17H17ClFN3O2. The topological polar surface area (TPSA) is 70.0 Å². The van der Waals surface area contributed by atoms with Crippen molar-refractivity contribution < 1.29 is 9.50 Å². The molecule has 24 heavy (non-hydrogen) atoms. The van der Waals surface area contributed by atoms with E-state index in [-0.39, 0.29) is 16.5 Å². The van der Waals surface area contributed by atoms with Gasteiger partial charge in [-0.15, -0.1) is 0 Å². The third-order valence-electron chi connectivity index (χ3n) is 3.94. The fourth-order valence-corrected chi connectivity index (χ4v) is 3.28. The van der Waals surface area contributed by atoms with Crippen LogP contribution in [0.5, 0.6) is 0 Å². The van der Waals surface area contributed by atoms with Crippen molar-refractivity contribution in [1.82, 2.24) is 14.9 Å². The molecule has 3 rings (SSSR count). The molecule has 0 unspecified atom stereocenters. The number of aromatic amines is 1. The minimum atomic E-state index is -0.824. The number of rotatable bonds is 5. The monoisotopic (exact) mass is 349 g/mol. The van der Waals surface area contributed by atoms with E-state index >= 15 is 0 Å². The molecule has 0 aliphatic rings. The Labute approximate surface area is 142 Å². The van der Waals surface area contributed by atoms with E-state index in [9.17, 15) is 14.3 Å². The average Bonchev–Trinajstić information content (AvgIpc) is 2.91. The van der Waals surface area contributed by atoms with Gasteiger partial charge in [0, 0.05) is 24.2 Å². The third-order valence-corrected chi connectivity index (χ3v) is 4.21. The van der Waals surface area contributed by atoms with Gasteiger partial charge in [0.1, 0.15) is 11.0 Å². The summed E-state index contributed by atoms with van der Waals surface area (Å²) in [7, 11) is 1.73. The molecule has 1 aromatic carbocycles. The Morgan fingerprint density at radius 2 is 2.17 bits per heavy atom. The predicted octanol–water partition coefficient (Wildman–Crippen LogP) is 2.29. The Morgan fingerprint density at radius 3 is 2.88 bits per heavy atom. The smallest absolute Gasteiger partial charge is 0.249 e. The molecule has 0 aliphatic heterocycles. The molecule has 3 N–H and O–H groups in total. The third kappa shape index (κ3) is 3.08. The van der Waals surface area contributed by atoms with Gasteiger partial charge < -0.3 is 20.0 Å². The molecule has 0 radical (unpaired) electrons. The maximum atomic E-state index is 13.7. The number of fused-ring (bicyclic) bond motifs is 1. The van der Waals surface area contributed by atoms with Gasteiger partial charge in [-0.3, -0.25) is 4.79 Å². The largest absolute Gasteiger partial charge is 0.389 e. The zero-order valence-corrected chi connectivity index (χ0v) is 13.7. The summed E-state index contributed by atoms with van der Waals surface area (Å²) in [6.45, 7) is 0.307. The number of halogens is 2. The molecule has 5 nitrogen and oxygen atoms in total. The summed E-state index contributed by atoms with van der Waals surface area (Å²) in [6.07, 6.45) is 0.911. The Morgan fingerprint density at radius 1 is 1.38 bits per heavy atom. The SMILES string of the molecule is CNC[C@@H](O)[C@H](c1cccc(F)c1)n1ccc2cc(=O)[nH]c(Cl)c21. The number of aliphatic hydroxyl groups is 1. The molecule has 0 bridgehead atoms. The molecule has 0 aliphatic carbocycles. The van der Waals surface area contributed by atoms with Crippen molar-refractivity contribution >= 4 is 22.5 Å². The van der Waals surface area contributed by atoms with Crippen LogP contribution in [0.2, 0.25) is 5.15 Å². The van der Waals surface area contributed by atoms with E-state index in [1.54, 1.807) is 36.0 Å². The van der Waals surface area contributed by atoms with Crippen LogP contribution in [0.1, 0.15) is 11.6 Å². The number of hydrogen-bond acceptors (Lipinski definition) is 3. The highest BCUT2D eigenvalue weighted by molar-refractivity contribution is 6.33. The zero-order chi connectivity index (χ0) is 17.3. The number of likely N-dealkylation sites (N-methyl/N-ethyl adjacent to an activating group) is 1. The molecule has 2 atom stereocenters. The highest BCUT2D eigenvalue weighted by atomic mass is 35.5. The van der Waals surface area contributed by atoms with E-state index in [1.807, 2.05) is 0 Å². The number of pyridine rings is 1. The predicted molar refractivity (Wildman–Crippen MR) is 92.0 cm³/mol. The van der Waals surface area contributed by atoms with E-state index in [2.05, 4.69) is 10.3 Å². The standard InChI is InChI=1S/C17H17ClFN3O2/c1-20-9-13(23)15(10-3-2-4-12(19)7-10)22-6-5-11-8-14(24)21-17(18)16(11)22/h2-8,13,15,20,23H,9H2,1H3,(H,21,24)/t13-,15+/m1/s1. The molecule has 0 amide bonds. The molecule has 2 aromatic heterocycles. The van der Waals surface area contributed by atoms with Crippen LogP contribution in [0.15, 0.2) is 47.4 Å². The van der Waals surface area contributed by atoms with Gasteiger partial charge in [-0.2, -0.15) is 0 Å². The summed E-state index contributed by atoms with van der Waals surface area (Å²) in [5.41, 5.74) is 0.890. The molecule has 126 valence electrons. The van der Waals surface area contributed by atoms with Gasteiger partial charge >= 0.3 is 0 Å². The number of hydrogen-bond donors (Lipinski definition) is 3. The highest BCUT2D eigenvalue weighted by Gasteiger charge is 2.25. The first-order chi connectivity index (χ1) is 11.5. The lowest BCUT2D eigenvalue weighted by atomic mass is 10.0. The van der Waals surface area contributed by atoms with Gasteiger partial charge in [-0.1, -0.05) is 23.7 Å². The van der Waals surface area contributed by atoms with Crippen molar-refractivity contribution in [3.05, 3.63) is 69.5 Å². The molecule has 0 fully saturated rings. The van der Waals surface area contributed by atoms with Crippen LogP contribution in [0.3, 0.4) is 0 Å². The minimum Gasteiger partial charge on any atom is -0.389 e. The normalized spacial score (nSPS) is 14.0. The van der Waals surface area contributed by atoms with E-state index < -0.39 is 12.1 Å². The Hall–Kier alpha value is -2.15. The van der Waals surface area contributed by atoms with Crippen LogP contribution in [-0.2, 0) is 0 Å². The lowest BCUT2D eigenvalue weighted by Gasteiger charge is -2.26. The van der Waals surface area contributed by atoms with Gasteiger partial charge in [0.2, 0.25) is 5.56 Å². The zero-order valence-electron chi connectivity index (χ0n) is 13.0. The van der Waals surface area contributed by atoms with Crippen LogP contribution in [0.4, 0.5) is 4.39 Å². The van der Waals surface area contributed by atoms with Gasteiger partial charge in [-0.25, -0.2) is 4.39 Å². The summed E-state index contributed by atoms with van der Waals surface area (Å²) < 4.78 is 15.4. The van der Waals surface area contributed by atoms with Crippen LogP contribution < -0.4 is 10.9 Å². The fraction of sp³-hybridized carbons (Fsp3) is 0.235. The van der Waals surface area contributed by atoms with Crippen molar-refractivity contribution in [2.45, 2.75) is 12.1 Å². The first-order valence-electron chi connectivity index (χ1n) is 7.48. The van der Waals surface area contributed by atoms with Gasteiger partial charge in [0.25, 0.3) is 0 Å². The number of aliphatic hydroxyl groups excluding tert-OH is 1. The van der Waals surface area contributed by atoms with Crippen LogP contribution in [0, 0.1) is 5.82 Å². The van der Waals surface area contributed by atoms with Gasteiger partial charge in [0.05, 0.1) is 17.7 Å². The number of H-pyrrole nitrogens is 1. The van der Waals surface area contributed by atoms with Crippen molar-refractivity contribution in [1.29, 1.82) is 0 Å². The fourth-order valence-electron chi connectivity index (χ4n) is 2.98. The van der Waals surface area contributed by atoms with Gasteiger partial charge in [-0.05, 0) is 30.8 Å². The van der Waals surface area contributed by atoms with E-state index in [1.165, 1.54) is 18.2 Å². The molecule has 0 spiro atoms. The van der Waals surface area contributed by atoms with Crippen LogP contribution in [-0.4, -0.2) is 34.4 Å². The second-order valence-electron chi connectivity index (χ2n) is 5.60. The molecular weight excluding hydrogens is 333 g/mol. The molecule has 7 heteroatoms. The summed E-state index contributed by atoms with van der Waals surface area (Å²) in [4.78, 5) is 14.1. The van der Waals surface area contributed by atoms with Crippen LogP contribution in [0.25, 0.3) is 10.9 Å². The highest BCUT2D eigenvalue weighted by Crippen LogP contribution is 2.30. The Kier molecular flexibility index (Phi) is 4.71. The lowest BCUT2D eigenvalue weighted by Crippen LogP contribution is -2.33. The first-order valence-corrected chi connectivity index (χ1v) is 7.86. The second-order valence-corrected chi connectivity index (χ2v) is 5.98. The summed E-state index contributed by atoms with van der Waals surface area (Å²) >= 11 is 6.21. The van der Waals surface area contributed by atoms with Crippen molar-refractivity contribution in [3.8, 4) is 0 Å². The summed E-state index contributed by atoms with van der Waals surface area (Å²) in [5, 5.41) is 14.4. The molecule has 0 saturated carbocycles. The van der Waals surface area contributed by atoms with Gasteiger partial charge in [0.15, 0.2) is 0 Å². The van der Waals surface area contributed by atoms with E-state index in [0.29, 0.717) is 23.0 Å². The van der Waals surface area contributed by atoms with Crippen molar-refractivity contribution in [3.63, 3.8) is 0 Å². The Balaban J connectivity index is 2.21. The summed E-state index contributed by atoms with van der Waals surface area (Å²) in [5.74, 6) is -0.384. The molecule has 3 aromatic rings. The molecule has 0 saturated heterocycles. The second kappa shape index (κ2) is 6.76. The number of benzene rings is 1. The average molecular weight is 350 g/mol. The molecule has 2 heterocycles. The maximum absolute atomic E-state index is 13.7. The lowest BCUT2D eigenvalue weighted by molar-refractivity contribution is 0.132. The van der Waals surface area contributed by atoms with E-state index in [0.717, 1.165) is 0 Å². The van der Waals surface area contributed by atoms with E-state index in [4.69, 9.17) is 11.6 Å². The quantitative estimate of drug-likeness (QED) is 0.619. The minimum absolute atomic E-state index is 0.181. The Bertz CT molecular complexity index is 922. The van der Waals surface area contributed by atoms with Crippen molar-refractivity contribution in [2.24, 2.45) is 0 Å². The maximum Gasteiger partial charge on any atom is 0.249 e. The number of nitrogens with one attached hydrogen (secondary N) is 2. The van der Waals surface area contributed by atoms with Crippen molar-refractivity contribution in [2.75, 3.05) is 13.6 Å². The summed E-state index contributed by atoms with van der Waals surface area (Å²) in [6, 6.07) is 8.70. The first kappa shape index (κ1) is 16.7.